The number of rotatable bonds is 3. The second kappa shape index (κ2) is 6.60. The van der Waals surface area contributed by atoms with Crippen molar-refractivity contribution in [3.05, 3.63) is 24.3 Å². The van der Waals surface area contributed by atoms with Gasteiger partial charge in [-0.25, -0.2) is 0 Å². The Morgan fingerprint density at radius 2 is 1.92 bits per heavy atom. The molecule has 2 aliphatic rings. The summed E-state index contributed by atoms with van der Waals surface area (Å²) >= 11 is 0. The molecule has 3 amide bonds. The van der Waals surface area contributed by atoms with Crippen molar-refractivity contribution in [1.29, 1.82) is 0 Å². The van der Waals surface area contributed by atoms with Crippen molar-refractivity contribution in [2.45, 2.75) is 32.1 Å². The van der Waals surface area contributed by atoms with Gasteiger partial charge in [0.25, 0.3) is 0 Å². The normalized spacial score (nSPS) is 24.7. The molecule has 2 N–H and O–H groups in total. The molecule has 0 radical (unpaired) electrons. The molecule has 0 saturated carbocycles. The van der Waals surface area contributed by atoms with Crippen LogP contribution in [0.5, 0.6) is 0 Å². The number of benzene rings is 1. The fourth-order valence-electron chi connectivity index (χ4n) is 3.45. The van der Waals surface area contributed by atoms with Crippen LogP contribution >= 0.6 is 0 Å². The SMILES string of the molecule is CONc1ccc(N2CCC3(CCCC(=O)NC3=O)CC2=O)cc1. The molecular weight excluding hydrogens is 310 g/mol. The number of nitrogens with one attached hydrogen (secondary N) is 2. The minimum absolute atomic E-state index is 0.0850. The second-order valence-electron chi connectivity index (χ2n) is 6.34. The van der Waals surface area contributed by atoms with Crippen LogP contribution in [0.2, 0.25) is 0 Å². The standard InChI is InChI=1S/C17H21N3O4/c1-24-19-12-4-6-13(7-5-12)20-10-9-17(11-15(20)22)8-2-3-14(21)18-16(17)23/h4-7,19H,2-3,8-11H2,1H3,(H,18,21,23). The van der Waals surface area contributed by atoms with E-state index in [4.69, 9.17) is 4.84 Å². The summed E-state index contributed by atoms with van der Waals surface area (Å²) in [5.74, 6) is -0.621. The molecule has 2 aliphatic heterocycles. The van der Waals surface area contributed by atoms with E-state index in [1.807, 2.05) is 24.3 Å². The number of amides is 3. The molecule has 2 fully saturated rings. The molecule has 0 aliphatic carbocycles. The Bertz CT molecular complexity index is 658. The van der Waals surface area contributed by atoms with Gasteiger partial charge >= 0.3 is 0 Å². The molecule has 7 nitrogen and oxygen atoms in total. The predicted molar refractivity (Wildman–Crippen MR) is 88.1 cm³/mol. The van der Waals surface area contributed by atoms with Gasteiger partial charge in [0, 0.05) is 25.1 Å². The Hall–Kier alpha value is -2.41. The predicted octanol–water partition coefficient (Wildman–Crippen LogP) is 1.60. The van der Waals surface area contributed by atoms with E-state index in [1.54, 1.807) is 4.90 Å². The highest BCUT2D eigenvalue weighted by molar-refractivity contribution is 6.04. The highest BCUT2D eigenvalue weighted by Crippen LogP contribution is 2.40. The van der Waals surface area contributed by atoms with Crippen LogP contribution < -0.4 is 15.7 Å². The minimum atomic E-state index is -0.739. The summed E-state index contributed by atoms with van der Waals surface area (Å²) in [6.45, 7) is 0.470. The molecule has 3 rings (SSSR count). The zero-order chi connectivity index (χ0) is 17.2. The van der Waals surface area contributed by atoms with Gasteiger partial charge < -0.3 is 4.90 Å². The van der Waals surface area contributed by atoms with E-state index >= 15 is 0 Å². The molecule has 128 valence electrons. The maximum atomic E-state index is 12.6. The molecule has 1 spiro atoms. The van der Waals surface area contributed by atoms with E-state index in [2.05, 4.69) is 10.8 Å². The third-order valence-corrected chi connectivity index (χ3v) is 4.80. The molecule has 1 unspecified atom stereocenters. The molecule has 0 aromatic heterocycles. The topological polar surface area (TPSA) is 87.7 Å². The van der Waals surface area contributed by atoms with Crippen LogP contribution in [0.3, 0.4) is 0 Å². The summed E-state index contributed by atoms with van der Waals surface area (Å²) < 4.78 is 0. The van der Waals surface area contributed by atoms with Gasteiger partial charge in [0.15, 0.2) is 0 Å². The molecular formula is C17H21N3O4. The fraction of sp³-hybridized carbons (Fsp3) is 0.471. The Labute approximate surface area is 140 Å². The van der Waals surface area contributed by atoms with Crippen LogP contribution in [0.25, 0.3) is 0 Å². The quantitative estimate of drug-likeness (QED) is 0.649. The highest BCUT2D eigenvalue weighted by atomic mass is 16.6. The zero-order valence-electron chi connectivity index (χ0n) is 13.6. The number of nitrogens with zero attached hydrogens (tertiary/aromatic N) is 1. The van der Waals surface area contributed by atoms with Gasteiger partial charge in [0.05, 0.1) is 18.2 Å². The van der Waals surface area contributed by atoms with Crippen molar-refractivity contribution in [2.24, 2.45) is 5.41 Å². The molecule has 2 heterocycles. The van der Waals surface area contributed by atoms with Crippen LogP contribution in [0.1, 0.15) is 32.1 Å². The van der Waals surface area contributed by atoms with Gasteiger partial charge in [-0.15, -0.1) is 0 Å². The first-order valence-corrected chi connectivity index (χ1v) is 8.08. The van der Waals surface area contributed by atoms with Crippen LogP contribution in [-0.2, 0) is 19.2 Å². The van der Waals surface area contributed by atoms with Gasteiger partial charge in [-0.3, -0.25) is 30.0 Å². The number of carbonyl (C=O) groups is 3. The first kappa shape index (κ1) is 16.4. The van der Waals surface area contributed by atoms with E-state index in [1.165, 1.54) is 7.11 Å². The summed E-state index contributed by atoms with van der Waals surface area (Å²) in [7, 11) is 1.53. The molecule has 1 aromatic rings. The lowest BCUT2D eigenvalue weighted by Gasteiger charge is -2.39. The molecule has 24 heavy (non-hydrogen) atoms. The molecule has 0 bridgehead atoms. The van der Waals surface area contributed by atoms with Crippen LogP contribution in [0.4, 0.5) is 11.4 Å². The van der Waals surface area contributed by atoms with Gasteiger partial charge in [0.1, 0.15) is 0 Å². The Morgan fingerprint density at radius 3 is 2.58 bits per heavy atom. The summed E-state index contributed by atoms with van der Waals surface area (Å²) in [4.78, 5) is 43.1. The third kappa shape index (κ3) is 3.12. The maximum absolute atomic E-state index is 12.6. The summed E-state index contributed by atoms with van der Waals surface area (Å²) in [5, 5.41) is 2.43. The van der Waals surface area contributed by atoms with E-state index in [9.17, 15) is 14.4 Å². The summed E-state index contributed by atoms with van der Waals surface area (Å²) in [6.07, 6.45) is 2.28. The zero-order valence-corrected chi connectivity index (χ0v) is 13.6. The highest BCUT2D eigenvalue weighted by Gasteiger charge is 2.46. The van der Waals surface area contributed by atoms with Gasteiger partial charge in [-0.05, 0) is 43.5 Å². The number of carbonyl (C=O) groups excluding carboxylic acids is 3. The average Bonchev–Trinajstić information content (AvgIpc) is 2.68. The van der Waals surface area contributed by atoms with E-state index in [0.29, 0.717) is 32.2 Å². The summed E-state index contributed by atoms with van der Waals surface area (Å²) in [6, 6.07) is 7.34. The van der Waals surface area contributed by atoms with Gasteiger partial charge in [-0.1, -0.05) is 0 Å². The van der Waals surface area contributed by atoms with E-state index < -0.39 is 5.41 Å². The maximum Gasteiger partial charge on any atom is 0.233 e. The first-order valence-electron chi connectivity index (χ1n) is 8.08. The number of piperidine rings is 1. The molecule has 2 saturated heterocycles. The Morgan fingerprint density at radius 1 is 1.17 bits per heavy atom. The molecule has 7 heteroatoms. The number of hydrogen-bond donors (Lipinski definition) is 2. The van der Waals surface area contributed by atoms with Gasteiger partial charge in [-0.2, -0.15) is 0 Å². The lowest BCUT2D eigenvalue weighted by Crippen LogP contribution is -2.51. The number of anilines is 2. The lowest BCUT2D eigenvalue weighted by molar-refractivity contribution is -0.140. The second-order valence-corrected chi connectivity index (χ2v) is 6.34. The van der Waals surface area contributed by atoms with Gasteiger partial charge in [0.2, 0.25) is 17.7 Å². The smallest absolute Gasteiger partial charge is 0.233 e. The lowest BCUT2D eigenvalue weighted by atomic mass is 9.74. The van der Waals surface area contributed by atoms with Crippen molar-refractivity contribution in [1.82, 2.24) is 5.32 Å². The van der Waals surface area contributed by atoms with E-state index in [0.717, 1.165) is 11.4 Å². The van der Waals surface area contributed by atoms with Crippen molar-refractivity contribution in [3.8, 4) is 0 Å². The third-order valence-electron chi connectivity index (χ3n) is 4.80. The first-order chi connectivity index (χ1) is 11.5. The van der Waals surface area contributed by atoms with Crippen LogP contribution in [-0.4, -0.2) is 31.4 Å². The number of imide groups is 1. The number of hydrogen-bond acceptors (Lipinski definition) is 5. The largest absolute Gasteiger partial charge is 0.312 e. The Balaban J connectivity index is 1.74. The van der Waals surface area contributed by atoms with Crippen molar-refractivity contribution >= 4 is 29.1 Å². The van der Waals surface area contributed by atoms with Crippen molar-refractivity contribution in [3.63, 3.8) is 0 Å². The molecule has 1 aromatic carbocycles. The minimum Gasteiger partial charge on any atom is -0.312 e. The fourth-order valence-corrected chi connectivity index (χ4v) is 3.45. The van der Waals surface area contributed by atoms with Crippen LogP contribution in [0.15, 0.2) is 24.3 Å². The summed E-state index contributed by atoms with van der Waals surface area (Å²) in [5.41, 5.74) is 3.57. The van der Waals surface area contributed by atoms with Crippen molar-refractivity contribution in [2.75, 3.05) is 24.0 Å². The van der Waals surface area contributed by atoms with Crippen LogP contribution in [0, 0.1) is 5.41 Å². The average molecular weight is 331 g/mol. The van der Waals surface area contributed by atoms with E-state index in [-0.39, 0.29) is 24.1 Å². The monoisotopic (exact) mass is 331 g/mol. The molecule has 1 atom stereocenters. The van der Waals surface area contributed by atoms with Crippen molar-refractivity contribution < 1.29 is 19.2 Å². The Kier molecular flexibility index (Phi) is 4.53.